The summed E-state index contributed by atoms with van der Waals surface area (Å²) in [5, 5.41) is 0. The van der Waals surface area contributed by atoms with Crippen molar-refractivity contribution in [3.8, 4) is 0 Å². The van der Waals surface area contributed by atoms with E-state index in [1.54, 1.807) is 0 Å². The van der Waals surface area contributed by atoms with Gasteiger partial charge in [0.2, 0.25) is 0 Å². The smallest absolute Gasteiger partial charge is 0.306 e. The fourth-order valence-electron chi connectivity index (χ4n) is 8.84. The number of rotatable bonds is 52. The van der Waals surface area contributed by atoms with Gasteiger partial charge >= 0.3 is 17.9 Å². The summed E-state index contributed by atoms with van der Waals surface area (Å²) in [7, 11) is 0. The van der Waals surface area contributed by atoms with Crippen molar-refractivity contribution in [1.82, 2.24) is 0 Å². The molecule has 6 heteroatoms. The molecule has 0 saturated carbocycles. The molecule has 0 heterocycles. The molecule has 380 valence electrons. The molecule has 0 aliphatic carbocycles. The minimum absolute atomic E-state index is 0.0635. The maximum atomic E-state index is 12.8. The van der Waals surface area contributed by atoms with Gasteiger partial charge in [0.15, 0.2) is 6.10 Å². The number of hydrogen-bond donors (Lipinski definition) is 0. The zero-order chi connectivity index (χ0) is 46.8. The molecule has 1 unspecified atom stereocenters. The first kappa shape index (κ1) is 62.4. The van der Waals surface area contributed by atoms with Crippen molar-refractivity contribution >= 4 is 17.9 Å². The minimum atomic E-state index is -0.763. The van der Waals surface area contributed by atoms with E-state index in [0.717, 1.165) is 69.6 Å². The third-order valence-corrected chi connectivity index (χ3v) is 13.6. The van der Waals surface area contributed by atoms with Crippen LogP contribution in [0.2, 0.25) is 0 Å². The van der Waals surface area contributed by atoms with Crippen LogP contribution >= 0.6 is 0 Å². The summed E-state index contributed by atoms with van der Waals surface area (Å²) in [6.45, 7) is 11.4. The lowest BCUT2D eigenvalue weighted by Gasteiger charge is -2.18. The van der Waals surface area contributed by atoms with Gasteiger partial charge in [-0.15, -0.1) is 0 Å². The van der Waals surface area contributed by atoms with Crippen molar-refractivity contribution in [1.29, 1.82) is 0 Å². The highest BCUT2D eigenvalue weighted by Crippen LogP contribution is 2.18. The van der Waals surface area contributed by atoms with Crippen LogP contribution in [0.25, 0.3) is 0 Å². The van der Waals surface area contributed by atoms with E-state index in [4.69, 9.17) is 14.2 Å². The molecule has 0 radical (unpaired) electrons. The van der Waals surface area contributed by atoms with Crippen molar-refractivity contribution in [2.45, 2.75) is 330 Å². The van der Waals surface area contributed by atoms with E-state index in [2.05, 4.69) is 34.6 Å². The lowest BCUT2D eigenvalue weighted by molar-refractivity contribution is -0.167. The largest absolute Gasteiger partial charge is 0.462 e. The molecule has 0 aromatic carbocycles. The molecule has 0 aromatic rings. The van der Waals surface area contributed by atoms with Gasteiger partial charge in [-0.05, 0) is 31.1 Å². The van der Waals surface area contributed by atoms with Gasteiger partial charge < -0.3 is 14.2 Å². The first-order valence-corrected chi connectivity index (χ1v) is 28.8. The Morgan fingerprint density at radius 1 is 0.328 bits per heavy atom. The molecule has 0 aromatic heterocycles. The second-order valence-electron chi connectivity index (χ2n) is 20.6. The monoisotopic (exact) mass is 905 g/mol. The van der Waals surface area contributed by atoms with Crippen LogP contribution in [0.15, 0.2) is 0 Å². The van der Waals surface area contributed by atoms with Crippen molar-refractivity contribution in [3.63, 3.8) is 0 Å². The molecule has 64 heavy (non-hydrogen) atoms. The lowest BCUT2D eigenvalue weighted by atomic mass is 10.00. The molecule has 0 spiro atoms. The average molecular weight is 906 g/mol. The normalized spacial score (nSPS) is 12.5. The number of esters is 3. The molecular weight excluding hydrogens is 793 g/mol. The van der Waals surface area contributed by atoms with Crippen LogP contribution in [0.1, 0.15) is 324 Å². The third-order valence-electron chi connectivity index (χ3n) is 13.6. The van der Waals surface area contributed by atoms with Gasteiger partial charge in [-0.1, -0.05) is 285 Å². The molecule has 0 aliphatic rings. The number of unbranched alkanes of at least 4 members (excludes halogenated alkanes) is 36. The molecule has 0 rings (SSSR count). The Morgan fingerprint density at radius 3 is 0.891 bits per heavy atom. The van der Waals surface area contributed by atoms with Gasteiger partial charge in [0.25, 0.3) is 0 Å². The standard InChI is InChI=1S/C58H112O6/c1-6-8-9-10-11-12-13-14-15-16-21-24-27-30-33-40-45-50-58(61)64-55(52-63-57(60)49-44-39-35-34-37-42-47-54(5)7-2)51-62-56(59)48-43-38-32-29-26-23-20-18-17-19-22-25-28-31-36-41-46-53(3)4/h53-55H,6-52H2,1-5H3/t54?,55-/m0/s1. The number of carbonyl (C=O) groups excluding carboxylic acids is 3. The number of hydrogen-bond acceptors (Lipinski definition) is 6. The van der Waals surface area contributed by atoms with Gasteiger partial charge in [0.1, 0.15) is 13.2 Å². The molecule has 0 saturated heterocycles. The van der Waals surface area contributed by atoms with Crippen LogP contribution in [0.5, 0.6) is 0 Å². The lowest BCUT2D eigenvalue weighted by Crippen LogP contribution is -2.30. The van der Waals surface area contributed by atoms with E-state index in [1.165, 1.54) is 212 Å². The number of ether oxygens (including phenoxy) is 3. The predicted molar refractivity (Wildman–Crippen MR) is 275 cm³/mol. The van der Waals surface area contributed by atoms with E-state index in [-0.39, 0.29) is 31.1 Å². The van der Waals surface area contributed by atoms with Gasteiger partial charge in [0.05, 0.1) is 0 Å². The van der Waals surface area contributed by atoms with Crippen LogP contribution in [-0.2, 0) is 28.6 Å². The maximum absolute atomic E-state index is 12.8. The molecule has 0 fully saturated rings. The third kappa shape index (κ3) is 49.8. The molecule has 2 atom stereocenters. The average Bonchev–Trinajstić information content (AvgIpc) is 3.28. The molecule has 6 nitrogen and oxygen atoms in total. The van der Waals surface area contributed by atoms with E-state index in [0.29, 0.717) is 19.3 Å². The summed E-state index contributed by atoms with van der Waals surface area (Å²) in [4.78, 5) is 38.1. The SMILES string of the molecule is CCCCCCCCCCCCCCCCCCCC(=O)O[C@@H](COC(=O)CCCCCCCCCCCCCCCCCCC(C)C)COC(=O)CCCCCCCCC(C)CC. The Bertz CT molecular complexity index is 980. The van der Waals surface area contributed by atoms with Crippen molar-refractivity contribution in [2.75, 3.05) is 13.2 Å². The molecule has 0 amide bonds. The maximum Gasteiger partial charge on any atom is 0.306 e. The molecular formula is C58H112O6. The van der Waals surface area contributed by atoms with Gasteiger partial charge in [-0.2, -0.15) is 0 Å². The second kappa shape index (κ2) is 50.8. The Morgan fingerprint density at radius 2 is 0.594 bits per heavy atom. The van der Waals surface area contributed by atoms with Crippen molar-refractivity contribution in [3.05, 3.63) is 0 Å². The fourth-order valence-corrected chi connectivity index (χ4v) is 8.84. The zero-order valence-corrected chi connectivity index (χ0v) is 43.9. The Kier molecular flexibility index (Phi) is 49.6. The Labute approximate surface area is 399 Å². The van der Waals surface area contributed by atoms with Gasteiger partial charge in [-0.25, -0.2) is 0 Å². The first-order valence-electron chi connectivity index (χ1n) is 28.8. The molecule has 0 aliphatic heterocycles. The Balaban J connectivity index is 4.24. The van der Waals surface area contributed by atoms with Gasteiger partial charge in [0, 0.05) is 19.3 Å². The van der Waals surface area contributed by atoms with E-state index < -0.39 is 6.10 Å². The van der Waals surface area contributed by atoms with Crippen LogP contribution in [-0.4, -0.2) is 37.2 Å². The van der Waals surface area contributed by atoms with Crippen molar-refractivity contribution < 1.29 is 28.6 Å². The summed E-state index contributed by atoms with van der Waals surface area (Å²) in [5.74, 6) is 0.823. The van der Waals surface area contributed by atoms with E-state index in [9.17, 15) is 14.4 Å². The fraction of sp³-hybridized carbons (Fsp3) is 0.948. The Hall–Kier alpha value is -1.59. The highest BCUT2D eigenvalue weighted by Gasteiger charge is 2.19. The highest BCUT2D eigenvalue weighted by atomic mass is 16.6. The molecule has 0 bridgehead atoms. The van der Waals surface area contributed by atoms with Crippen LogP contribution < -0.4 is 0 Å². The second-order valence-corrected chi connectivity index (χ2v) is 20.6. The summed E-state index contributed by atoms with van der Waals surface area (Å²) < 4.78 is 16.9. The van der Waals surface area contributed by atoms with E-state index >= 15 is 0 Å². The first-order chi connectivity index (χ1) is 31.3. The van der Waals surface area contributed by atoms with Crippen LogP contribution in [0.4, 0.5) is 0 Å². The highest BCUT2D eigenvalue weighted by molar-refractivity contribution is 5.71. The zero-order valence-electron chi connectivity index (χ0n) is 43.9. The summed E-state index contributed by atoms with van der Waals surface area (Å²) in [5.41, 5.74) is 0. The molecule has 0 N–H and O–H groups in total. The van der Waals surface area contributed by atoms with Gasteiger partial charge in [-0.3, -0.25) is 14.4 Å². The van der Waals surface area contributed by atoms with Crippen LogP contribution in [0.3, 0.4) is 0 Å². The number of carbonyl (C=O) groups is 3. The van der Waals surface area contributed by atoms with Crippen molar-refractivity contribution in [2.24, 2.45) is 11.8 Å². The quantitative estimate of drug-likeness (QED) is 0.0344. The van der Waals surface area contributed by atoms with Crippen LogP contribution in [0, 0.1) is 11.8 Å². The summed E-state index contributed by atoms with van der Waals surface area (Å²) in [6, 6.07) is 0. The summed E-state index contributed by atoms with van der Waals surface area (Å²) in [6.07, 6.45) is 53.9. The minimum Gasteiger partial charge on any atom is -0.462 e. The summed E-state index contributed by atoms with van der Waals surface area (Å²) >= 11 is 0. The predicted octanol–water partition coefficient (Wildman–Crippen LogP) is 18.9. The van der Waals surface area contributed by atoms with E-state index in [1.807, 2.05) is 0 Å². The topological polar surface area (TPSA) is 78.9 Å².